The van der Waals surface area contributed by atoms with Crippen molar-refractivity contribution in [2.45, 2.75) is 31.7 Å². The molecular formula is C11H22N2O2. The van der Waals surface area contributed by atoms with E-state index in [1.165, 1.54) is 6.42 Å². The molecule has 88 valence electrons. The predicted octanol–water partition coefficient (Wildman–Crippen LogP) is 0.623. The van der Waals surface area contributed by atoms with Crippen molar-refractivity contribution in [1.82, 2.24) is 10.2 Å². The van der Waals surface area contributed by atoms with Gasteiger partial charge in [0.1, 0.15) is 0 Å². The molecule has 1 rings (SSSR count). The van der Waals surface area contributed by atoms with Crippen molar-refractivity contribution < 1.29 is 9.53 Å². The summed E-state index contributed by atoms with van der Waals surface area (Å²) in [4.78, 5) is 13.7. The van der Waals surface area contributed by atoms with Crippen LogP contribution in [0.25, 0.3) is 0 Å². The van der Waals surface area contributed by atoms with Crippen molar-refractivity contribution in [3.05, 3.63) is 0 Å². The lowest BCUT2D eigenvalue weighted by molar-refractivity contribution is -0.131. The van der Waals surface area contributed by atoms with Gasteiger partial charge in [-0.15, -0.1) is 0 Å². The molecule has 0 radical (unpaired) electrons. The van der Waals surface area contributed by atoms with Gasteiger partial charge in [-0.1, -0.05) is 6.42 Å². The van der Waals surface area contributed by atoms with E-state index < -0.39 is 0 Å². The highest BCUT2D eigenvalue weighted by Crippen LogP contribution is 2.11. The van der Waals surface area contributed by atoms with Crippen LogP contribution >= 0.6 is 0 Å². The first-order valence-electron chi connectivity index (χ1n) is 5.72. The van der Waals surface area contributed by atoms with Gasteiger partial charge in [-0.2, -0.15) is 0 Å². The summed E-state index contributed by atoms with van der Waals surface area (Å²) in [7, 11) is 3.60. The highest BCUT2D eigenvalue weighted by molar-refractivity contribution is 5.76. The van der Waals surface area contributed by atoms with E-state index in [2.05, 4.69) is 5.32 Å². The Morgan fingerprint density at radius 1 is 1.47 bits per heavy atom. The van der Waals surface area contributed by atoms with Crippen LogP contribution in [0.2, 0.25) is 0 Å². The van der Waals surface area contributed by atoms with Crippen LogP contribution in [0.4, 0.5) is 0 Å². The second-order valence-corrected chi connectivity index (χ2v) is 4.09. The minimum absolute atomic E-state index is 0.247. The monoisotopic (exact) mass is 214 g/mol. The van der Waals surface area contributed by atoms with Gasteiger partial charge in [-0.25, -0.2) is 0 Å². The van der Waals surface area contributed by atoms with E-state index in [-0.39, 0.29) is 6.04 Å². The van der Waals surface area contributed by atoms with Gasteiger partial charge in [-0.3, -0.25) is 4.79 Å². The van der Waals surface area contributed by atoms with Gasteiger partial charge in [0.05, 0.1) is 6.61 Å². The Hall–Kier alpha value is -0.610. The van der Waals surface area contributed by atoms with E-state index in [4.69, 9.17) is 4.74 Å². The molecular weight excluding hydrogens is 192 g/mol. The van der Waals surface area contributed by atoms with Crippen LogP contribution in [0.1, 0.15) is 25.7 Å². The lowest BCUT2D eigenvalue weighted by atomic mass is 10.2. The zero-order valence-corrected chi connectivity index (χ0v) is 9.79. The van der Waals surface area contributed by atoms with Crippen LogP contribution in [0, 0.1) is 0 Å². The van der Waals surface area contributed by atoms with Crippen LogP contribution in [-0.4, -0.2) is 50.7 Å². The molecule has 1 heterocycles. The highest BCUT2D eigenvalue weighted by atomic mass is 16.5. The van der Waals surface area contributed by atoms with E-state index in [0.717, 1.165) is 25.9 Å². The van der Waals surface area contributed by atoms with Gasteiger partial charge in [0.15, 0.2) is 0 Å². The summed E-state index contributed by atoms with van der Waals surface area (Å²) in [6, 6.07) is 0.247. The number of nitrogens with one attached hydrogen (secondary N) is 1. The Kier molecular flexibility index (Phi) is 5.65. The number of methoxy groups -OCH3 is 1. The first kappa shape index (κ1) is 12.5. The Labute approximate surface area is 92.0 Å². The van der Waals surface area contributed by atoms with Crippen molar-refractivity contribution in [2.24, 2.45) is 0 Å². The van der Waals surface area contributed by atoms with Gasteiger partial charge in [-0.05, 0) is 19.9 Å². The minimum atomic E-state index is 0.247. The third kappa shape index (κ3) is 4.18. The molecule has 0 bridgehead atoms. The summed E-state index contributed by atoms with van der Waals surface area (Å²) in [6.45, 7) is 2.32. The van der Waals surface area contributed by atoms with Crippen molar-refractivity contribution in [1.29, 1.82) is 0 Å². The Balaban J connectivity index is 2.42. The maximum atomic E-state index is 11.7. The molecule has 1 saturated heterocycles. The van der Waals surface area contributed by atoms with Crippen LogP contribution in [0.15, 0.2) is 0 Å². The number of likely N-dealkylation sites (tertiary alicyclic amines) is 1. The van der Waals surface area contributed by atoms with E-state index in [1.807, 2.05) is 11.9 Å². The highest BCUT2D eigenvalue weighted by Gasteiger charge is 2.19. The van der Waals surface area contributed by atoms with Crippen LogP contribution in [0.3, 0.4) is 0 Å². The topological polar surface area (TPSA) is 41.6 Å². The Morgan fingerprint density at radius 2 is 2.27 bits per heavy atom. The fourth-order valence-corrected chi connectivity index (χ4v) is 1.93. The van der Waals surface area contributed by atoms with Gasteiger partial charge in [0, 0.05) is 32.7 Å². The second kappa shape index (κ2) is 6.80. The first-order chi connectivity index (χ1) is 7.27. The zero-order chi connectivity index (χ0) is 11.1. The van der Waals surface area contributed by atoms with Crippen LogP contribution in [-0.2, 0) is 9.53 Å². The Morgan fingerprint density at radius 3 is 2.93 bits per heavy atom. The number of carbonyl (C=O) groups excluding carboxylic acids is 1. The molecule has 0 spiro atoms. The average molecular weight is 214 g/mol. The van der Waals surface area contributed by atoms with Crippen molar-refractivity contribution in [3.63, 3.8) is 0 Å². The number of carbonyl (C=O) groups is 1. The fraction of sp³-hybridized carbons (Fsp3) is 0.909. The van der Waals surface area contributed by atoms with Crippen LogP contribution < -0.4 is 5.32 Å². The molecule has 1 atom stereocenters. The normalized spacial score (nSPS) is 20.1. The summed E-state index contributed by atoms with van der Waals surface area (Å²) in [6.07, 6.45) is 4.07. The van der Waals surface area contributed by atoms with Crippen molar-refractivity contribution in [3.8, 4) is 0 Å². The number of ether oxygens (including phenoxy) is 1. The number of likely N-dealkylation sites (N-methyl/N-ethyl adjacent to an activating group) is 1. The molecule has 0 aromatic rings. The maximum absolute atomic E-state index is 11.7. The zero-order valence-electron chi connectivity index (χ0n) is 9.79. The second-order valence-electron chi connectivity index (χ2n) is 4.09. The third-order valence-electron chi connectivity index (χ3n) is 2.89. The molecule has 4 heteroatoms. The van der Waals surface area contributed by atoms with Gasteiger partial charge in [0.2, 0.25) is 5.91 Å². The third-order valence-corrected chi connectivity index (χ3v) is 2.89. The van der Waals surface area contributed by atoms with Crippen molar-refractivity contribution >= 4 is 5.91 Å². The number of hydrogen-bond acceptors (Lipinski definition) is 3. The first-order valence-corrected chi connectivity index (χ1v) is 5.72. The minimum Gasteiger partial charge on any atom is -0.383 e. The average Bonchev–Trinajstić information content (AvgIpc) is 2.43. The molecule has 1 aliphatic rings. The largest absolute Gasteiger partial charge is 0.383 e. The van der Waals surface area contributed by atoms with E-state index >= 15 is 0 Å². The summed E-state index contributed by atoms with van der Waals surface area (Å²) in [5, 5.41) is 3.17. The number of nitrogens with zero attached hydrogens (tertiary/aromatic N) is 1. The molecule has 1 N–H and O–H groups in total. The predicted molar refractivity (Wildman–Crippen MR) is 59.8 cm³/mol. The quantitative estimate of drug-likeness (QED) is 0.729. The number of rotatable bonds is 5. The maximum Gasteiger partial charge on any atom is 0.222 e. The molecule has 1 aliphatic heterocycles. The molecule has 1 unspecified atom stereocenters. The van der Waals surface area contributed by atoms with E-state index in [1.54, 1.807) is 7.11 Å². The van der Waals surface area contributed by atoms with Crippen molar-refractivity contribution in [2.75, 3.05) is 33.9 Å². The fourth-order valence-electron chi connectivity index (χ4n) is 1.93. The smallest absolute Gasteiger partial charge is 0.222 e. The molecule has 1 fully saturated rings. The standard InChI is InChI=1S/C11H22N2O2/c1-12-10(9-15-2)8-13-7-5-3-4-6-11(13)14/h10,12H,3-9H2,1-2H3. The molecule has 15 heavy (non-hydrogen) atoms. The molecule has 0 saturated carbocycles. The SMILES string of the molecule is CNC(COC)CN1CCCCCC1=O. The van der Waals surface area contributed by atoms with Crippen LogP contribution in [0.5, 0.6) is 0 Å². The molecule has 0 aliphatic carbocycles. The van der Waals surface area contributed by atoms with Gasteiger partial charge < -0.3 is 15.0 Å². The molecule has 1 amide bonds. The molecule has 4 nitrogen and oxygen atoms in total. The van der Waals surface area contributed by atoms with Gasteiger partial charge in [0.25, 0.3) is 0 Å². The lowest BCUT2D eigenvalue weighted by Gasteiger charge is -2.25. The number of hydrogen-bond donors (Lipinski definition) is 1. The summed E-state index contributed by atoms with van der Waals surface area (Å²) in [5.74, 6) is 0.295. The molecule has 0 aromatic heterocycles. The van der Waals surface area contributed by atoms with Gasteiger partial charge >= 0.3 is 0 Å². The summed E-state index contributed by atoms with van der Waals surface area (Å²) >= 11 is 0. The number of amides is 1. The Bertz CT molecular complexity index is 197. The molecule has 0 aromatic carbocycles. The summed E-state index contributed by atoms with van der Waals surface area (Å²) < 4.78 is 5.10. The lowest BCUT2D eigenvalue weighted by Crippen LogP contribution is -2.44. The summed E-state index contributed by atoms with van der Waals surface area (Å²) in [5.41, 5.74) is 0. The van der Waals surface area contributed by atoms with E-state index in [0.29, 0.717) is 18.9 Å². The van der Waals surface area contributed by atoms with E-state index in [9.17, 15) is 4.79 Å².